The summed E-state index contributed by atoms with van der Waals surface area (Å²) in [6.07, 6.45) is 3.71. The van der Waals surface area contributed by atoms with Crippen molar-refractivity contribution in [1.29, 1.82) is 0 Å². The molecule has 1 atom stereocenters. The summed E-state index contributed by atoms with van der Waals surface area (Å²) in [5, 5.41) is 9.63. The van der Waals surface area contributed by atoms with Gasteiger partial charge in [0.15, 0.2) is 0 Å². The lowest BCUT2D eigenvalue weighted by atomic mass is 9.99. The number of nitrogen functional groups attached to an aromatic ring is 1. The zero-order chi connectivity index (χ0) is 14.1. The first-order chi connectivity index (χ1) is 9.65. The smallest absolute Gasteiger partial charge is 0.254 e. The highest BCUT2D eigenvalue weighted by Gasteiger charge is 2.31. The molecule has 108 valence electrons. The van der Waals surface area contributed by atoms with Crippen molar-refractivity contribution in [2.45, 2.75) is 25.3 Å². The van der Waals surface area contributed by atoms with Crippen LogP contribution in [-0.4, -0.2) is 53.0 Å². The first kappa shape index (κ1) is 13.2. The number of hydrogen-bond donors (Lipinski definition) is 2. The maximum atomic E-state index is 12.5. The molecule has 1 amide bonds. The average molecular weight is 275 g/mol. The lowest BCUT2D eigenvalue weighted by Gasteiger charge is -2.44. The van der Waals surface area contributed by atoms with Crippen molar-refractivity contribution in [2.75, 3.05) is 31.9 Å². The first-order valence-corrected chi connectivity index (χ1v) is 7.27. The molecule has 1 aromatic carbocycles. The van der Waals surface area contributed by atoms with Crippen molar-refractivity contribution in [3.05, 3.63) is 23.8 Å². The third-order valence-electron chi connectivity index (χ3n) is 4.40. The van der Waals surface area contributed by atoms with Gasteiger partial charge in [-0.1, -0.05) is 6.42 Å². The minimum Gasteiger partial charge on any atom is -0.506 e. The molecule has 2 aliphatic rings. The molecule has 0 aliphatic carbocycles. The number of piperazine rings is 1. The Bertz CT molecular complexity index is 518. The van der Waals surface area contributed by atoms with Crippen molar-refractivity contribution in [3.8, 4) is 5.75 Å². The number of phenolic OH excluding ortho intramolecular Hbond substituents is 1. The van der Waals surface area contributed by atoms with Crippen molar-refractivity contribution >= 4 is 11.6 Å². The number of nitrogens with two attached hydrogens (primary N) is 1. The van der Waals surface area contributed by atoms with Crippen LogP contribution in [0.1, 0.15) is 29.6 Å². The van der Waals surface area contributed by atoms with E-state index in [1.54, 1.807) is 12.1 Å². The third-order valence-corrected chi connectivity index (χ3v) is 4.40. The number of fused-ring (bicyclic) bond motifs is 1. The lowest BCUT2D eigenvalue weighted by Crippen LogP contribution is -2.56. The van der Waals surface area contributed by atoms with Gasteiger partial charge in [-0.2, -0.15) is 0 Å². The van der Waals surface area contributed by atoms with Gasteiger partial charge in [0.1, 0.15) is 5.75 Å². The molecule has 5 heteroatoms. The summed E-state index contributed by atoms with van der Waals surface area (Å²) in [6, 6.07) is 5.23. The van der Waals surface area contributed by atoms with Gasteiger partial charge in [0.25, 0.3) is 5.91 Å². The fraction of sp³-hybridized carbons (Fsp3) is 0.533. The van der Waals surface area contributed by atoms with Crippen LogP contribution in [0.25, 0.3) is 0 Å². The van der Waals surface area contributed by atoms with E-state index in [4.69, 9.17) is 5.73 Å². The predicted molar refractivity (Wildman–Crippen MR) is 77.6 cm³/mol. The predicted octanol–water partition coefficient (Wildman–Crippen LogP) is 1.28. The van der Waals surface area contributed by atoms with Crippen LogP contribution in [0.2, 0.25) is 0 Å². The number of rotatable bonds is 1. The molecule has 1 unspecified atom stereocenters. The van der Waals surface area contributed by atoms with Gasteiger partial charge < -0.3 is 15.7 Å². The highest BCUT2D eigenvalue weighted by molar-refractivity contribution is 5.95. The Hall–Kier alpha value is -1.75. The van der Waals surface area contributed by atoms with E-state index in [0.717, 1.165) is 26.2 Å². The molecule has 5 nitrogen and oxygen atoms in total. The largest absolute Gasteiger partial charge is 0.506 e. The molecule has 0 bridgehead atoms. The minimum absolute atomic E-state index is 0.00877. The van der Waals surface area contributed by atoms with Crippen LogP contribution < -0.4 is 5.73 Å². The van der Waals surface area contributed by atoms with Gasteiger partial charge >= 0.3 is 0 Å². The Morgan fingerprint density at radius 3 is 2.90 bits per heavy atom. The zero-order valence-electron chi connectivity index (χ0n) is 11.6. The standard InChI is InChI=1S/C15H21N3O2/c16-13-5-4-11(9-14(13)19)15(20)18-8-7-17-6-2-1-3-12(17)10-18/h4-5,9,12,19H,1-3,6-8,10,16H2. The second kappa shape index (κ2) is 5.32. The number of phenols is 1. The summed E-state index contributed by atoms with van der Waals surface area (Å²) in [6.45, 7) is 3.68. The quantitative estimate of drug-likeness (QED) is 0.598. The van der Waals surface area contributed by atoms with Crippen molar-refractivity contribution in [3.63, 3.8) is 0 Å². The van der Waals surface area contributed by atoms with E-state index in [1.165, 1.54) is 25.3 Å². The van der Waals surface area contributed by atoms with Crippen LogP contribution in [0.5, 0.6) is 5.75 Å². The second-order valence-corrected chi connectivity index (χ2v) is 5.71. The molecular weight excluding hydrogens is 254 g/mol. The maximum Gasteiger partial charge on any atom is 0.254 e. The van der Waals surface area contributed by atoms with Gasteiger partial charge in [0, 0.05) is 31.2 Å². The van der Waals surface area contributed by atoms with Crippen molar-refractivity contribution < 1.29 is 9.90 Å². The number of carbonyl (C=O) groups is 1. The number of carbonyl (C=O) groups excluding carboxylic acids is 1. The topological polar surface area (TPSA) is 69.8 Å². The first-order valence-electron chi connectivity index (χ1n) is 7.27. The second-order valence-electron chi connectivity index (χ2n) is 5.71. The van der Waals surface area contributed by atoms with Crippen LogP contribution in [0, 0.1) is 0 Å². The van der Waals surface area contributed by atoms with E-state index in [9.17, 15) is 9.90 Å². The van der Waals surface area contributed by atoms with E-state index in [0.29, 0.717) is 17.3 Å². The number of anilines is 1. The Morgan fingerprint density at radius 2 is 2.10 bits per heavy atom. The highest BCUT2D eigenvalue weighted by atomic mass is 16.3. The highest BCUT2D eigenvalue weighted by Crippen LogP contribution is 2.24. The molecular formula is C15H21N3O2. The Morgan fingerprint density at radius 1 is 1.25 bits per heavy atom. The number of amides is 1. The van der Waals surface area contributed by atoms with Gasteiger partial charge in [-0.05, 0) is 37.6 Å². The molecule has 0 spiro atoms. The molecule has 0 radical (unpaired) electrons. The molecule has 3 rings (SSSR count). The monoisotopic (exact) mass is 275 g/mol. The SMILES string of the molecule is Nc1ccc(C(=O)N2CCN3CCCCC3C2)cc1O. The number of hydrogen-bond acceptors (Lipinski definition) is 4. The molecule has 0 saturated carbocycles. The molecule has 2 fully saturated rings. The Labute approximate surface area is 119 Å². The lowest BCUT2D eigenvalue weighted by molar-refractivity contribution is 0.0372. The third kappa shape index (κ3) is 2.45. The molecule has 2 aliphatic heterocycles. The number of aromatic hydroxyl groups is 1. The van der Waals surface area contributed by atoms with Crippen LogP contribution in [0.15, 0.2) is 18.2 Å². The van der Waals surface area contributed by atoms with Gasteiger partial charge in [-0.15, -0.1) is 0 Å². The molecule has 1 aromatic rings. The molecule has 2 heterocycles. The Kier molecular flexibility index (Phi) is 3.53. The number of nitrogens with zero attached hydrogens (tertiary/aromatic N) is 2. The summed E-state index contributed by atoms with van der Waals surface area (Å²) in [4.78, 5) is 16.9. The van der Waals surface area contributed by atoms with Gasteiger partial charge in [-0.25, -0.2) is 0 Å². The van der Waals surface area contributed by atoms with Gasteiger partial charge in [0.2, 0.25) is 0 Å². The van der Waals surface area contributed by atoms with Crippen molar-refractivity contribution in [1.82, 2.24) is 9.80 Å². The zero-order valence-corrected chi connectivity index (χ0v) is 11.6. The number of benzene rings is 1. The van der Waals surface area contributed by atoms with Gasteiger partial charge in [-0.3, -0.25) is 9.69 Å². The van der Waals surface area contributed by atoms with Crippen LogP contribution in [0.3, 0.4) is 0 Å². The van der Waals surface area contributed by atoms with E-state index in [1.807, 2.05) is 4.90 Å². The summed E-state index contributed by atoms with van der Waals surface area (Å²) >= 11 is 0. The minimum atomic E-state index is -0.0212. The van der Waals surface area contributed by atoms with E-state index in [2.05, 4.69) is 4.90 Å². The summed E-state index contributed by atoms with van der Waals surface area (Å²) in [5.41, 5.74) is 6.39. The number of piperidine rings is 1. The molecule has 0 aromatic heterocycles. The van der Waals surface area contributed by atoms with Gasteiger partial charge in [0.05, 0.1) is 5.69 Å². The summed E-state index contributed by atoms with van der Waals surface area (Å²) in [7, 11) is 0. The van der Waals surface area contributed by atoms with Crippen LogP contribution in [-0.2, 0) is 0 Å². The molecule has 2 saturated heterocycles. The average Bonchev–Trinajstić information content (AvgIpc) is 2.49. The van der Waals surface area contributed by atoms with Crippen LogP contribution >= 0.6 is 0 Å². The van der Waals surface area contributed by atoms with E-state index < -0.39 is 0 Å². The molecule has 3 N–H and O–H groups in total. The summed E-state index contributed by atoms with van der Waals surface area (Å²) < 4.78 is 0. The van der Waals surface area contributed by atoms with Crippen molar-refractivity contribution in [2.24, 2.45) is 0 Å². The van der Waals surface area contributed by atoms with Crippen LogP contribution in [0.4, 0.5) is 5.69 Å². The fourth-order valence-corrected chi connectivity index (χ4v) is 3.20. The van der Waals surface area contributed by atoms with E-state index in [-0.39, 0.29) is 11.7 Å². The Balaban J connectivity index is 1.72. The normalized spacial score (nSPS) is 23.4. The molecule has 20 heavy (non-hydrogen) atoms. The summed E-state index contributed by atoms with van der Waals surface area (Å²) in [5.74, 6) is -0.0299. The fourth-order valence-electron chi connectivity index (χ4n) is 3.20. The maximum absolute atomic E-state index is 12.5. The van der Waals surface area contributed by atoms with E-state index >= 15 is 0 Å².